The Labute approximate surface area is 165 Å². The molecule has 1 amide bonds. The van der Waals surface area contributed by atoms with Crippen molar-refractivity contribution < 1.29 is 9.18 Å². The van der Waals surface area contributed by atoms with Crippen LogP contribution in [0.5, 0.6) is 0 Å². The van der Waals surface area contributed by atoms with E-state index >= 15 is 0 Å². The number of benzene rings is 2. The number of carbonyl (C=O) groups is 1. The molecule has 27 heavy (non-hydrogen) atoms. The third kappa shape index (κ3) is 3.87. The lowest BCUT2D eigenvalue weighted by Gasteiger charge is -2.24. The summed E-state index contributed by atoms with van der Waals surface area (Å²) in [7, 11) is 0. The number of nitrogens with zero attached hydrogens (tertiary/aromatic N) is 2. The van der Waals surface area contributed by atoms with E-state index in [1.165, 1.54) is 16.8 Å². The summed E-state index contributed by atoms with van der Waals surface area (Å²) >= 11 is 11.8. The minimum atomic E-state index is -0.635. The van der Waals surface area contributed by atoms with Crippen molar-refractivity contribution in [1.29, 1.82) is 0 Å². The third-order valence-corrected chi connectivity index (χ3v) is 4.51. The summed E-state index contributed by atoms with van der Waals surface area (Å²) in [5, 5.41) is 3.65. The number of aromatic nitrogens is 2. The van der Waals surface area contributed by atoms with Gasteiger partial charge in [-0.25, -0.2) is 9.07 Å². The number of nitrogens with one attached hydrogen (secondary N) is 1. The molecule has 2 aromatic carbocycles. The number of halogens is 3. The van der Waals surface area contributed by atoms with E-state index in [9.17, 15) is 14.0 Å². The molecule has 1 aromatic heterocycles. The van der Waals surface area contributed by atoms with Crippen LogP contribution in [-0.4, -0.2) is 15.3 Å². The fourth-order valence-corrected chi connectivity index (χ4v) is 3.30. The summed E-state index contributed by atoms with van der Waals surface area (Å²) < 4.78 is 17.0. The van der Waals surface area contributed by atoms with E-state index in [-0.39, 0.29) is 22.8 Å². The van der Waals surface area contributed by atoms with Gasteiger partial charge in [-0.2, -0.15) is 0 Å². The first-order valence-corrected chi connectivity index (χ1v) is 9.00. The van der Waals surface area contributed by atoms with Gasteiger partial charge in [0.15, 0.2) is 0 Å². The average Bonchev–Trinajstić information content (AvgIpc) is 2.81. The number of amides is 1. The van der Waals surface area contributed by atoms with Crippen LogP contribution < -0.4 is 10.9 Å². The molecule has 0 spiro atoms. The van der Waals surface area contributed by atoms with Crippen LogP contribution in [-0.2, 0) is 16.9 Å². The molecule has 8 heteroatoms. The Morgan fingerprint density at radius 1 is 1.11 bits per heavy atom. The van der Waals surface area contributed by atoms with Gasteiger partial charge in [0, 0.05) is 10.0 Å². The molecule has 0 aliphatic carbocycles. The van der Waals surface area contributed by atoms with Crippen molar-refractivity contribution in [3.05, 3.63) is 62.6 Å². The molecular formula is C19H18Cl2FN3O2. The van der Waals surface area contributed by atoms with Crippen molar-refractivity contribution in [1.82, 2.24) is 9.36 Å². The van der Waals surface area contributed by atoms with Crippen molar-refractivity contribution in [2.24, 2.45) is 0 Å². The van der Waals surface area contributed by atoms with E-state index in [1.54, 1.807) is 22.9 Å². The molecular weight excluding hydrogens is 392 g/mol. The van der Waals surface area contributed by atoms with Gasteiger partial charge in [0.1, 0.15) is 12.4 Å². The Balaban J connectivity index is 2.04. The first kappa shape index (κ1) is 19.5. The van der Waals surface area contributed by atoms with Crippen LogP contribution in [0.3, 0.4) is 0 Å². The molecule has 0 bridgehead atoms. The van der Waals surface area contributed by atoms with Crippen LogP contribution in [0, 0.1) is 5.82 Å². The molecule has 0 radical (unpaired) electrons. The van der Waals surface area contributed by atoms with Crippen LogP contribution in [0.25, 0.3) is 10.9 Å². The maximum absolute atomic E-state index is 13.9. The van der Waals surface area contributed by atoms with Gasteiger partial charge in [0.05, 0.1) is 22.1 Å². The number of fused-ring (bicyclic) bond motifs is 1. The maximum Gasteiger partial charge on any atom is 0.275 e. The zero-order valence-electron chi connectivity index (χ0n) is 15.0. The fraction of sp³-hybridized carbons (Fsp3) is 0.263. The summed E-state index contributed by atoms with van der Waals surface area (Å²) in [4.78, 5) is 25.4. The zero-order valence-corrected chi connectivity index (χ0v) is 16.5. The van der Waals surface area contributed by atoms with Gasteiger partial charge in [-0.05, 0) is 57.2 Å². The lowest BCUT2D eigenvalue weighted by Crippen LogP contribution is -2.38. The summed E-state index contributed by atoms with van der Waals surface area (Å²) in [6.07, 6.45) is 0. The third-order valence-electron chi connectivity index (χ3n) is 4.04. The van der Waals surface area contributed by atoms with Crippen molar-refractivity contribution in [2.45, 2.75) is 32.9 Å². The Bertz CT molecular complexity index is 1100. The molecule has 0 saturated carbocycles. The molecule has 1 heterocycles. The second-order valence-electron chi connectivity index (χ2n) is 7.18. The van der Waals surface area contributed by atoms with E-state index < -0.39 is 17.3 Å². The minimum absolute atomic E-state index is 0.0172. The Morgan fingerprint density at radius 2 is 1.74 bits per heavy atom. The van der Waals surface area contributed by atoms with Crippen molar-refractivity contribution in [2.75, 3.05) is 5.32 Å². The maximum atomic E-state index is 13.9. The Hall–Kier alpha value is -2.31. The highest BCUT2D eigenvalue weighted by atomic mass is 35.5. The largest absolute Gasteiger partial charge is 0.322 e. The van der Waals surface area contributed by atoms with Crippen LogP contribution >= 0.6 is 23.2 Å². The number of carbonyl (C=O) groups excluding carboxylic acids is 1. The Kier molecular flexibility index (Phi) is 5.06. The first-order valence-electron chi connectivity index (χ1n) is 8.24. The summed E-state index contributed by atoms with van der Waals surface area (Å²) in [6.45, 7) is 5.41. The molecule has 142 valence electrons. The monoisotopic (exact) mass is 409 g/mol. The normalized spacial score (nSPS) is 11.8. The number of hydrogen-bond acceptors (Lipinski definition) is 2. The average molecular weight is 410 g/mol. The summed E-state index contributed by atoms with van der Waals surface area (Å²) in [6, 6.07) is 8.89. The number of hydrogen-bond donors (Lipinski definition) is 1. The van der Waals surface area contributed by atoms with E-state index in [0.29, 0.717) is 15.9 Å². The smallest absolute Gasteiger partial charge is 0.275 e. The molecule has 0 fully saturated rings. The molecule has 0 saturated heterocycles. The molecule has 3 aromatic rings. The molecule has 0 unspecified atom stereocenters. The van der Waals surface area contributed by atoms with E-state index in [2.05, 4.69) is 5.32 Å². The predicted molar refractivity (Wildman–Crippen MR) is 106 cm³/mol. The summed E-state index contributed by atoms with van der Waals surface area (Å²) in [5.74, 6) is -1.12. The topological polar surface area (TPSA) is 56.0 Å². The summed E-state index contributed by atoms with van der Waals surface area (Å²) in [5.41, 5.74) is -0.244. The number of rotatable bonds is 3. The molecule has 1 N–H and O–H groups in total. The van der Waals surface area contributed by atoms with Crippen LogP contribution in [0.2, 0.25) is 10.0 Å². The lowest BCUT2D eigenvalue weighted by atomic mass is 10.1. The quantitative estimate of drug-likeness (QED) is 0.684. The van der Waals surface area contributed by atoms with Gasteiger partial charge in [-0.1, -0.05) is 23.2 Å². The van der Waals surface area contributed by atoms with Gasteiger partial charge in [0.25, 0.3) is 5.56 Å². The van der Waals surface area contributed by atoms with Gasteiger partial charge >= 0.3 is 0 Å². The van der Waals surface area contributed by atoms with Crippen molar-refractivity contribution in [3.8, 4) is 0 Å². The second kappa shape index (κ2) is 7.02. The van der Waals surface area contributed by atoms with Crippen molar-refractivity contribution >= 4 is 45.7 Å². The standard InChI is InChI=1S/C19H18Cl2FN3O2/c1-19(2,3)25-18(27)13-6-4-12(21)9-16(13)24(25)10-17(26)23-15-7-5-11(20)8-14(15)22/h4-9H,10H2,1-3H3,(H,23,26). The Morgan fingerprint density at radius 3 is 2.37 bits per heavy atom. The van der Waals surface area contributed by atoms with Crippen LogP contribution in [0.4, 0.5) is 10.1 Å². The van der Waals surface area contributed by atoms with Gasteiger partial charge in [-0.3, -0.25) is 14.3 Å². The van der Waals surface area contributed by atoms with Crippen molar-refractivity contribution in [3.63, 3.8) is 0 Å². The molecule has 5 nitrogen and oxygen atoms in total. The molecule has 0 aliphatic rings. The second-order valence-corrected chi connectivity index (χ2v) is 8.05. The van der Waals surface area contributed by atoms with E-state index in [4.69, 9.17) is 23.2 Å². The number of anilines is 1. The highest BCUT2D eigenvalue weighted by Crippen LogP contribution is 2.23. The molecule has 0 atom stereocenters. The molecule has 3 rings (SSSR count). The highest BCUT2D eigenvalue weighted by molar-refractivity contribution is 6.31. The van der Waals surface area contributed by atoms with E-state index in [1.807, 2.05) is 20.8 Å². The van der Waals surface area contributed by atoms with E-state index in [0.717, 1.165) is 6.07 Å². The van der Waals surface area contributed by atoms with Gasteiger partial charge in [-0.15, -0.1) is 0 Å². The predicted octanol–water partition coefficient (Wildman–Crippen LogP) is 4.64. The zero-order chi connectivity index (χ0) is 19.9. The minimum Gasteiger partial charge on any atom is -0.322 e. The van der Waals surface area contributed by atoms with Crippen LogP contribution in [0.1, 0.15) is 20.8 Å². The lowest BCUT2D eigenvalue weighted by molar-refractivity contribution is -0.117. The van der Waals surface area contributed by atoms with Crippen LogP contribution in [0.15, 0.2) is 41.2 Å². The first-order chi connectivity index (χ1) is 12.6. The van der Waals surface area contributed by atoms with Gasteiger partial charge < -0.3 is 5.32 Å². The highest BCUT2D eigenvalue weighted by Gasteiger charge is 2.24. The SMILES string of the molecule is CC(C)(C)n1c(=O)c2ccc(Cl)cc2n1CC(=O)Nc1ccc(Cl)cc1F. The molecule has 0 aliphatic heterocycles. The fourth-order valence-electron chi connectivity index (χ4n) is 2.97. The van der Waals surface area contributed by atoms with Gasteiger partial charge in [0.2, 0.25) is 5.91 Å².